The molecule has 1 heterocycles. The molecule has 1 fully saturated rings. The lowest BCUT2D eigenvalue weighted by atomic mass is 10.5. The van der Waals surface area contributed by atoms with Gasteiger partial charge in [0.05, 0.1) is 5.37 Å². The van der Waals surface area contributed by atoms with Gasteiger partial charge in [-0.25, -0.2) is 0 Å². The van der Waals surface area contributed by atoms with E-state index in [-0.39, 0.29) is 5.91 Å². The maximum atomic E-state index is 10.8. The molecule has 1 rings (SSSR count). The fraction of sp³-hybridized carbons (Fsp3) is 0.500. The summed E-state index contributed by atoms with van der Waals surface area (Å²) in [5.41, 5.74) is 0. The first kappa shape index (κ1) is 6.68. The summed E-state index contributed by atoms with van der Waals surface area (Å²) in [6.45, 7) is 3.39. The number of carbonyl (C=O) groups is 1. The summed E-state index contributed by atoms with van der Waals surface area (Å²) in [5, 5.41) is 0.426. The topological polar surface area (TPSA) is 20.3 Å². The molecule has 1 atom stereocenters. The minimum absolute atomic E-state index is 0.0185. The number of amides is 1. The Kier molecular flexibility index (Phi) is 1.81. The van der Waals surface area contributed by atoms with Gasteiger partial charge in [-0.1, -0.05) is 6.58 Å². The van der Waals surface area contributed by atoms with Crippen LogP contribution in [0.3, 0.4) is 0 Å². The summed E-state index contributed by atoms with van der Waals surface area (Å²) in [4.78, 5) is 12.5. The summed E-state index contributed by atoms with van der Waals surface area (Å²) >= 11 is 1.78. The summed E-state index contributed by atoms with van der Waals surface area (Å²) in [6.07, 6.45) is 1.35. The van der Waals surface area contributed by atoms with Crippen LogP contribution in [0.1, 0.15) is 0 Å². The fourth-order valence-electron chi connectivity index (χ4n) is 0.553. The van der Waals surface area contributed by atoms with Crippen molar-refractivity contribution < 1.29 is 4.79 Å². The van der Waals surface area contributed by atoms with Gasteiger partial charge in [0.25, 0.3) is 0 Å². The molecule has 1 amide bonds. The average molecular weight is 143 g/mol. The molecule has 0 aromatic carbocycles. The van der Waals surface area contributed by atoms with Crippen molar-refractivity contribution in [2.45, 2.75) is 5.37 Å². The third-order valence-electron chi connectivity index (χ3n) is 1.27. The van der Waals surface area contributed by atoms with Gasteiger partial charge in [0.1, 0.15) is 0 Å². The lowest BCUT2D eigenvalue weighted by molar-refractivity contribution is -0.124. The Balaban J connectivity index is 2.39. The highest BCUT2D eigenvalue weighted by molar-refractivity contribution is 8.06. The van der Waals surface area contributed by atoms with Crippen molar-refractivity contribution in [2.75, 3.05) is 12.8 Å². The molecule has 0 saturated carbocycles. The van der Waals surface area contributed by atoms with Crippen LogP contribution in [0.2, 0.25) is 0 Å². The SMILES string of the molecule is C=CC(=O)N(C)C1CS1. The number of nitrogens with zero attached hydrogens (tertiary/aromatic N) is 1. The van der Waals surface area contributed by atoms with Gasteiger partial charge in [0.15, 0.2) is 0 Å². The van der Waals surface area contributed by atoms with Gasteiger partial charge >= 0.3 is 0 Å². The van der Waals surface area contributed by atoms with E-state index < -0.39 is 0 Å². The van der Waals surface area contributed by atoms with Crippen LogP contribution in [-0.4, -0.2) is 29.0 Å². The average Bonchev–Trinajstić information content (AvgIpc) is 2.66. The van der Waals surface area contributed by atoms with Crippen LogP contribution in [0.4, 0.5) is 0 Å². The van der Waals surface area contributed by atoms with Gasteiger partial charge in [-0.2, -0.15) is 0 Å². The molecular weight excluding hydrogens is 134 g/mol. The molecule has 0 bridgehead atoms. The predicted octanol–water partition coefficient (Wildman–Crippen LogP) is 0.704. The van der Waals surface area contributed by atoms with E-state index in [0.29, 0.717) is 5.37 Å². The summed E-state index contributed by atoms with van der Waals surface area (Å²) in [6, 6.07) is 0. The maximum Gasteiger partial charge on any atom is 0.246 e. The first-order chi connectivity index (χ1) is 4.25. The number of hydrogen-bond donors (Lipinski definition) is 0. The van der Waals surface area contributed by atoms with Crippen molar-refractivity contribution in [2.24, 2.45) is 0 Å². The monoisotopic (exact) mass is 143 g/mol. The Morgan fingerprint density at radius 2 is 2.56 bits per heavy atom. The maximum absolute atomic E-state index is 10.8. The molecule has 1 saturated heterocycles. The van der Waals surface area contributed by atoms with E-state index in [1.807, 2.05) is 0 Å². The largest absolute Gasteiger partial charge is 0.329 e. The van der Waals surface area contributed by atoms with E-state index in [4.69, 9.17) is 0 Å². The first-order valence-corrected chi connectivity index (χ1v) is 3.81. The Bertz CT molecular complexity index is 142. The zero-order valence-corrected chi connectivity index (χ0v) is 6.15. The second-order valence-electron chi connectivity index (χ2n) is 1.94. The smallest absolute Gasteiger partial charge is 0.246 e. The van der Waals surface area contributed by atoms with E-state index in [1.165, 1.54) is 6.08 Å². The molecule has 0 radical (unpaired) electrons. The molecule has 0 aromatic rings. The van der Waals surface area contributed by atoms with Gasteiger partial charge in [0, 0.05) is 12.8 Å². The van der Waals surface area contributed by atoms with E-state index in [0.717, 1.165) is 5.75 Å². The van der Waals surface area contributed by atoms with Crippen LogP contribution in [0.25, 0.3) is 0 Å². The molecule has 0 N–H and O–H groups in total. The molecule has 1 aliphatic rings. The third-order valence-corrected chi connectivity index (χ3v) is 2.22. The summed E-state index contributed by atoms with van der Waals surface area (Å²) in [5.74, 6) is 1.10. The molecule has 9 heavy (non-hydrogen) atoms. The summed E-state index contributed by atoms with van der Waals surface area (Å²) < 4.78 is 0. The molecule has 0 aromatic heterocycles. The van der Waals surface area contributed by atoms with E-state index in [9.17, 15) is 4.79 Å². The Morgan fingerprint density at radius 1 is 2.00 bits per heavy atom. The second-order valence-corrected chi connectivity index (χ2v) is 3.15. The number of thioether (sulfide) groups is 1. The van der Waals surface area contributed by atoms with Crippen molar-refractivity contribution in [1.82, 2.24) is 4.90 Å². The fourth-order valence-corrected chi connectivity index (χ4v) is 1.19. The van der Waals surface area contributed by atoms with Crippen molar-refractivity contribution >= 4 is 17.7 Å². The molecule has 0 aliphatic carbocycles. The lowest BCUT2D eigenvalue weighted by Gasteiger charge is -2.10. The van der Waals surface area contributed by atoms with Crippen molar-refractivity contribution in [1.29, 1.82) is 0 Å². The van der Waals surface area contributed by atoms with Gasteiger partial charge in [-0.15, -0.1) is 11.8 Å². The Hall–Kier alpha value is -0.440. The molecule has 1 aliphatic heterocycles. The van der Waals surface area contributed by atoms with Gasteiger partial charge < -0.3 is 4.90 Å². The van der Waals surface area contributed by atoms with Crippen molar-refractivity contribution in [3.05, 3.63) is 12.7 Å². The van der Waals surface area contributed by atoms with Gasteiger partial charge in [-0.3, -0.25) is 4.79 Å². The van der Waals surface area contributed by atoms with Crippen LogP contribution in [0, 0.1) is 0 Å². The first-order valence-electron chi connectivity index (χ1n) is 2.76. The van der Waals surface area contributed by atoms with Crippen molar-refractivity contribution in [3.8, 4) is 0 Å². The highest BCUT2D eigenvalue weighted by Gasteiger charge is 2.29. The zero-order chi connectivity index (χ0) is 6.85. The normalized spacial score (nSPS) is 23.0. The van der Waals surface area contributed by atoms with Gasteiger partial charge in [0.2, 0.25) is 5.91 Å². The van der Waals surface area contributed by atoms with Gasteiger partial charge in [-0.05, 0) is 6.08 Å². The van der Waals surface area contributed by atoms with Crippen LogP contribution in [0.5, 0.6) is 0 Å². The quantitative estimate of drug-likeness (QED) is 0.419. The third kappa shape index (κ3) is 1.48. The summed E-state index contributed by atoms with van der Waals surface area (Å²) in [7, 11) is 1.80. The molecule has 2 nitrogen and oxygen atoms in total. The van der Waals surface area contributed by atoms with E-state index >= 15 is 0 Å². The van der Waals surface area contributed by atoms with Crippen LogP contribution in [-0.2, 0) is 4.79 Å². The molecule has 3 heteroatoms. The van der Waals surface area contributed by atoms with E-state index in [2.05, 4.69) is 6.58 Å². The Labute approximate surface area is 58.9 Å². The predicted molar refractivity (Wildman–Crippen MR) is 39.2 cm³/mol. The highest BCUT2D eigenvalue weighted by atomic mass is 32.2. The molecule has 0 spiro atoms. The highest BCUT2D eigenvalue weighted by Crippen LogP contribution is 2.32. The standard InChI is InChI=1S/C6H9NOS/c1-3-5(8)7(2)6-4-9-6/h3,6H,1,4H2,2H3. The second kappa shape index (κ2) is 2.43. The van der Waals surface area contributed by atoms with Crippen LogP contribution >= 0.6 is 11.8 Å². The number of rotatable bonds is 2. The lowest BCUT2D eigenvalue weighted by Crippen LogP contribution is -2.26. The number of hydrogen-bond acceptors (Lipinski definition) is 2. The molecule has 1 unspecified atom stereocenters. The van der Waals surface area contributed by atoms with E-state index in [1.54, 1.807) is 23.7 Å². The number of carbonyl (C=O) groups excluding carboxylic acids is 1. The minimum atomic E-state index is 0.0185. The number of likely N-dealkylation sites (N-methyl/N-ethyl adjacent to an activating group) is 1. The minimum Gasteiger partial charge on any atom is -0.329 e. The molecular formula is C6H9NOS. The zero-order valence-electron chi connectivity index (χ0n) is 5.33. The van der Waals surface area contributed by atoms with Crippen molar-refractivity contribution in [3.63, 3.8) is 0 Å². The van der Waals surface area contributed by atoms with Crippen LogP contribution in [0.15, 0.2) is 12.7 Å². The van der Waals surface area contributed by atoms with Crippen LogP contribution < -0.4 is 0 Å². The Morgan fingerprint density at radius 3 is 2.89 bits per heavy atom. The molecule has 50 valence electrons.